The number of rotatable bonds is 3. The summed E-state index contributed by atoms with van der Waals surface area (Å²) in [4.78, 5) is 14.5. The molecular weight excluding hydrogens is 250 g/mol. The average Bonchev–Trinajstić information content (AvgIpc) is 2.94. The summed E-state index contributed by atoms with van der Waals surface area (Å²) in [6.45, 7) is 2.97. The van der Waals surface area contributed by atoms with Gasteiger partial charge in [-0.05, 0) is 37.8 Å². The molecular formula is C16H23N3O. The minimum Gasteiger partial charge on any atom is -0.335 e. The van der Waals surface area contributed by atoms with E-state index in [1.165, 1.54) is 19.4 Å². The fourth-order valence-corrected chi connectivity index (χ4v) is 3.37. The minimum atomic E-state index is -0.0368. The largest absolute Gasteiger partial charge is 0.335 e. The van der Waals surface area contributed by atoms with Crippen LogP contribution in [0.2, 0.25) is 0 Å². The summed E-state index contributed by atoms with van der Waals surface area (Å²) in [6.07, 6.45) is 4.80. The molecule has 20 heavy (non-hydrogen) atoms. The lowest BCUT2D eigenvalue weighted by molar-refractivity contribution is 0.166. The van der Waals surface area contributed by atoms with Gasteiger partial charge in [-0.25, -0.2) is 4.79 Å². The lowest BCUT2D eigenvalue weighted by Crippen LogP contribution is -2.49. The van der Waals surface area contributed by atoms with Crippen molar-refractivity contribution in [3.8, 4) is 0 Å². The Morgan fingerprint density at radius 1 is 1.20 bits per heavy atom. The summed E-state index contributed by atoms with van der Waals surface area (Å²) in [5, 5.41) is 6.07. The first-order chi connectivity index (χ1) is 9.81. The van der Waals surface area contributed by atoms with Gasteiger partial charge < -0.3 is 15.5 Å². The van der Waals surface area contributed by atoms with Gasteiger partial charge in [0, 0.05) is 25.2 Å². The predicted molar refractivity (Wildman–Crippen MR) is 79.4 cm³/mol. The highest BCUT2D eigenvalue weighted by molar-refractivity contribution is 5.74. The highest BCUT2D eigenvalue weighted by Gasteiger charge is 2.32. The van der Waals surface area contributed by atoms with Crippen LogP contribution in [-0.2, 0) is 6.54 Å². The van der Waals surface area contributed by atoms with Crippen LogP contribution in [-0.4, -0.2) is 36.1 Å². The Hall–Kier alpha value is -1.55. The van der Waals surface area contributed by atoms with Gasteiger partial charge in [0.25, 0.3) is 0 Å². The number of hydrogen-bond donors (Lipinski definition) is 2. The molecule has 0 bridgehead atoms. The van der Waals surface area contributed by atoms with Crippen LogP contribution < -0.4 is 10.6 Å². The van der Waals surface area contributed by atoms with Gasteiger partial charge in [0.1, 0.15) is 0 Å². The topological polar surface area (TPSA) is 44.4 Å². The van der Waals surface area contributed by atoms with Crippen LogP contribution in [0.1, 0.15) is 31.2 Å². The van der Waals surface area contributed by atoms with Crippen molar-refractivity contribution in [2.45, 2.75) is 44.3 Å². The van der Waals surface area contributed by atoms with Gasteiger partial charge in [0.05, 0.1) is 0 Å². The standard InChI is InChI=1S/C16H23N3O/c20-16(17-12-13-5-2-1-3-6-13)18-14-8-10-19-9-4-7-15(19)11-14/h1-3,5-6,14-15H,4,7-12H2,(H2,17,18,20). The number of amides is 2. The number of urea groups is 1. The zero-order chi connectivity index (χ0) is 13.8. The second-order valence-electron chi connectivity index (χ2n) is 5.87. The van der Waals surface area contributed by atoms with Crippen molar-refractivity contribution >= 4 is 6.03 Å². The molecule has 2 aliphatic rings. The summed E-state index contributed by atoms with van der Waals surface area (Å²) in [5.74, 6) is 0. The molecule has 2 N–H and O–H groups in total. The third-order valence-electron chi connectivity index (χ3n) is 4.45. The molecule has 0 saturated carbocycles. The number of carbonyl (C=O) groups excluding carboxylic acids is 1. The summed E-state index contributed by atoms with van der Waals surface area (Å²) >= 11 is 0. The maximum Gasteiger partial charge on any atom is 0.315 e. The molecule has 0 radical (unpaired) electrons. The van der Waals surface area contributed by atoms with Crippen LogP contribution in [0.5, 0.6) is 0 Å². The van der Waals surface area contributed by atoms with Gasteiger partial charge in [-0.1, -0.05) is 30.3 Å². The number of hydrogen-bond acceptors (Lipinski definition) is 2. The smallest absolute Gasteiger partial charge is 0.315 e. The minimum absolute atomic E-state index is 0.0368. The van der Waals surface area contributed by atoms with E-state index in [1.54, 1.807) is 0 Å². The van der Waals surface area contributed by atoms with E-state index in [0.717, 1.165) is 24.9 Å². The highest BCUT2D eigenvalue weighted by Crippen LogP contribution is 2.26. The van der Waals surface area contributed by atoms with E-state index in [4.69, 9.17) is 0 Å². The van der Waals surface area contributed by atoms with Gasteiger partial charge in [-0.15, -0.1) is 0 Å². The summed E-state index contributed by atoms with van der Waals surface area (Å²) in [7, 11) is 0. The molecule has 2 heterocycles. The molecule has 4 heteroatoms. The molecule has 2 atom stereocenters. The lowest BCUT2D eigenvalue weighted by Gasteiger charge is -2.35. The van der Waals surface area contributed by atoms with Gasteiger partial charge >= 0.3 is 6.03 Å². The highest BCUT2D eigenvalue weighted by atomic mass is 16.2. The van der Waals surface area contributed by atoms with Crippen LogP contribution in [0.4, 0.5) is 4.79 Å². The second kappa shape index (κ2) is 6.27. The number of nitrogens with zero attached hydrogens (tertiary/aromatic N) is 1. The van der Waals surface area contributed by atoms with Gasteiger partial charge in [-0.3, -0.25) is 0 Å². The van der Waals surface area contributed by atoms with Crippen molar-refractivity contribution in [3.05, 3.63) is 35.9 Å². The monoisotopic (exact) mass is 273 g/mol. The number of benzene rings is 1. The molecule has 2 aliphatic heterocycles. The fourth-order valence-electron chi connectivity index (χ4n) is 3.37. The third kappa shape index (κ3) is 3.31. The number of nitrogens with one attached hydrogen (secondary N) is 2. The molecule has 0 aliphatic carbocycles. The first kappa shape index (κ1) is 13.4. The Labute approximate surface area is 120 Å². The van der Waals surface area contributed by atoms with Gasteiger partial charge in [-0.2, -0.15) is 0 Å². The predicted octanol–water partition coefficient (Wildman–Crippen LogP) is 2.11. The third-order valence-corrected chi connectivity index (χ3v) is 4.45. The Morgan fingerprint density at radius 3 is 2.90 bits per heavy atom. The van der Waals surface area contributed by atoms with Crippen LogP contribution in [0.3, 0.4) is 0 Å². The zero-order valence-electron chi connectivity index (χ0n) is 11.8. The molecule has 0 spiro atoms. The van der Waals surface area contributed by atoms with Gasteiger partial charge in [0.15, 0.2) is 0 Å². The Bertz CT molecular complexity index is 448. The molecule has 2 fully saturated rings. The SMILES string of the molecule is O=C(NCc1ccccc1)NC1CCN2CCCC2C1. The lowest BCUT2D eigenvalue weighted by atomic mass is 9.98. The molecule has 1 aromatic carbocycles. The summed E-state index contributed by atoms with van der Waals surface area (Å²) < 4.78 is 0. The number of fused-ring (bicyclic) bond motifs is 1. The van der Waals surface area contributed by atoms with Crippen molar-refractivity contribution in [3.63, 3.8) is 0 Å². The van der Waals surface area contributed by atoms with E-state index in [-0.39, 0.29) is 6.03 Å². The van der Waals surface area contributed by atoms with Crippen LogP contribution in [0.15, 0.2) is 30.3 Å². The Morgan fingerprint density at radius 2 is 2.05 bits per heavy atom. The van der Waals surface area contributed by atoms with E-state index >= 15 is 0 Å². The second-order valence-corrected chi connectivity index (χ2v) is 5.87. The zero-order valence-corrected chi connectivity index (χ0v) is 11.8. The quantitative estimate of drug-likeness (QED) is 0.886. The van der Waals surface area contributed by atoms with Gasteiger partial charge in [0.2, 0.25) is 0 Å². The number of piperidine rings is 1. The molecule has 108 valence electrons. The molecule has 4 nitrogen and oxygen atoms in total. The van der Waals surface area contributed by atoms with Crippen molar-refractivity contribution in [2.75, 3.05) is 13.1 Å². The Kier molecular flexibility index (Phi) is 4.21. The fraction of sp³-hybridized carbons (Fsp3) is 0.562. The van der Waals surface area contributed by atoms with Crippen molar-refractivity contribution in [2.24, 2.45) is 0 Å². The van der Waals surface area contributed by atoms with Crippen molar-refractivity contribution in [1.82, 2.24) is 15.5 Å². The summed E-state index contributed by atoms with van der Waals surface area (Å²) in [6, 6.07) is 11.0. The molecule has 2 amide bonds. The first-order valence-corrected chi connectivity index (χ1v) is 7.63. The van der Waals surface area contributed by atoms with Crippen LogP contribution >= 0.6 is 0 Å². The molecule has 2 saturated heterocycles. The van der Waals surface area contributed by atoms with Crippen LogP contribution in [0, 0.1) is 0 Å². The summed E-state index contributed by atoms with van der Waals surface area (Å²) in [5.41, 5.74) is 1.13. The molecule has 1 aromatic rings. The van der Waals surface area contributed by atoms with Crippen LogP contribution in [0.25, 0.3) is 0 Å². The molecule has 3 rings (SSSR count). The molecule has 0 aromatic heterocycles. The van der Waals surface area contributed by atoms with Crippen molar-refractivity contribution in [1.29, 1.82) is 0 Å². The number of carbonyl (C=O) groups is 1. The normalized spacial score (nSPS) is 26.0. The van der Waals surface area contributed by atoms with Crippen molar-refractivity contribution < 1.29 is 4.79 Å². The van der Waals surface area contributed by atoms with E-state index in [0.29, 0.717) is 18.6 Å². The Balaban J connectivity index is 1.42. The average molecular weight is 273 g/mol. The maximum atomic E-state index is 11.9. The first-order valence-electron chi connectivity index (χ1n) is 7.63. The maximum absolute atomic E-state index is 11.9. The molecule has 2 unspecified atom stereocenters. The van der Waals surface area contributed by atoms with E-state index in [9.17, 15) is 4.79 Å². The van der Waals surface area contributed by atoms with E-state index < -0.39 is 0 Å². The van der Waals surface area contributed by atoms with E-state index in [2.05, 4.69) is 15.5 Å². The van der Waals surface area contributed by atoms with E-state index in [1.807, 2.05) is 30.3 Å².